The number of carbonyl (C=O) groups is 1. The maximum Gasteiger partial charge on any atom is 0.328 e. The molecular formula is C25H24O5. The Morgan fingerprint density at radius 1 is 0.767 bits per heavy atom. The molecule has 0 saturated carbocycles. The van der Waals surface area contributed by atoms with E-state index in [-0.39, 0.29) is 0 Å². The number of carboxylic acid groups (broad SMARTS) is 1. The van der Waals surface area contributed by atoms with Crippen LogP contribution < -0.4 is 14.2 Å². The standard InChI is InChI=1S/C25H24O5/c1-28-22-9-3-18(4-10-22)15-21(16-25(26)27)20-7-13-24(14-8-20)30-17-19-5-11-23(29-2)12-6-19/h3-14,16H,15,17H2,1-2H3,(H,26,27)/b21-16-. The highest BCUT2D eigenvalue weighted by molar-refractivity contribution is 5.90. The second-order valence-electron chi connectivity index (χ2n) is 6.69. The molecular weight excluding hydrogens is 380 g/mol. The first-order chi connectivity index (χ1) is 14.6. The lowest BCUT2D eigenvalue weighted by atomic mass is 9.97. The fourth-order valence-corrected chi connectivity index (χ4v) is 3.00. The number of rotatable bonds is 9. The molecule has 5 nitrogen and oxygen atoms in total. The molecule has 0 aromatic heterocycles. The lowest BCUT2D eigenvalue weighted by Crippen LogP contribution is -1.98. The zero-order chi connectivity index (χ0) is 21.3. The Morgan fingerprint density at radius 3 is 1.77 bits per heavy atom. The summed E-state index contributed by atoms with van der Waals surface area (Å²) < 4.78 is 16.2. The molecule has 0 bridgehead atoms. The van der Waals surface area contributed by atoms with Gasteiger partial charge in [-0.3, -0.25) is 0 Å². The van der Waals surface area contributed by atoms with Crippen molar-refractivity contribution >= 4 is 11.5 Å². The fraction of sp³-hybridized carbons (Fsp3) is 0.160. The minimum absolute atomic E-state index is 0.438. The molecule has 30 heavy (non-hydrogen) atoms. The minimum Gasteiger partial charge on any atom is -0.497 e. The van der Waals surface area contributed by atoms with Crippen LogP contribution in [0.4, 0.5) is 0 Å². The van der Waals surface area contributed by atoms with E-state index in [2.05, 4.69) is 0 Å². The predicted octanol–water partition coefficient (Wildman–Crippen LogP) is 4.99. The molecule has 0 spiro atoms. The van der Waals surface area contributed by atoms with Crippen molar-refractivity contribution in [2.45, 2.75) is 13.0 Å². The molecule has 5 heteroatoms. The quantitative estimate of drug-likeness (QED) is 0.509. The Balaban J connectivity index is 1.69. The minimum atomic E-state index is -0.974. The van der Waals surface area contributed by atoms with Gasteiger partial charge in [-0.25, -0.2) is 4.79 Å². The number of carboxylic acids is 1. The van der Waals surface area contributed by atoms with Gasteiger partial charge >= 0.3 is 5.97 Å². The van der Waals surface area contributed by atoms with Crippen molar-refractivity contribution in [3.8, 4) is 17.2 Å². The number of benzene rings is 3. The van der Waals surface area contributed by atoms with Crippen molar-refractivity contribution < 1.29 is 24.1 Å². The molecule has 0 atom stereocenters. The van der Waals surface area contributed by atoms with Gasteiger partial charge < -0.3 is 19.3 Å². The fourth-order valence-electron chi connectivity index (χ4n) is 3.00. The molecule has 3 aromatic carbocycles. The van der Waals surface area contributed by atoms with Crippen LogP contribution in [-0.4, -0.2) is 25.3 Å². The van der Waals surface area contributed by atoms with E-state index in [1.165, 1.54) is 6.08 Å². The van der Waals surface area contributed by atoms with Crippen LogP contribution in [0, 0.1) is 0 Å². The summed E-state index contributed by atoms with van der Waals surface area (Å²) in [6.07, 6.45) is 1.75. The molecule has 3 rings (SSSR count). The molecule has 154 valence electrons. The maximum atomic E-state index is 11.3. The summed E-state index contributed by atoms with van der Waals surface area (Å²) in [7, 11) is 3.25. The summed E-state index contributed by atoms with van der Waals surface area (Å²) in [6, 6.07) is 22.7. The maximum absolute atomic E-state index is 11.3. The lowest BCUT2D eigenvalue weighted by molar-refractivity contribution is -0.131. The first kappa shape index (κ1) is 21.0. The van der Waals surface area contributed by atoms with Gasteiger partial charge in [0, 0.05) is 6.08 Å². The molecule has 0 aliphatic carbocycles. The summed E-state index contributed by atoms with van der Waals surface area (Å²) in [5, 5.41) is 9.28. The van der Waals surface area contributed by atoms with Crippen molar-refractivity contribution in [1.82, 2.24) is 0 Å². The van der Waals surface area contributed by atoms with E-state index in [0.29, 0.717) is 18.8 Å². The Hall–Kier alpha value is -3.73. The highest BCUT2D eigenvalue weighted by atomic mass is 16.5. The van der Waals surface area contributed by atoms with Crippen molar-refractivity contribution in [3.63, 3.8) is 0 Å². The topological polar surface area (TPSA) is 65.0 Å². The first-order valence-electron chi connectivity index (χ1n) is 9.50. The van der Waals surface area contributed by atoms with Crippen LogP contribution in [0.25, 0.3) is 5.57 Å². The number of aliphatic carboxylic acids is 1. The van der Waals surface area contributed by atoms with Crippen molar-refractivity contribution in [3.05, 3.63) is 95.6 Å². The number of hydrogen-bond donors (Lipinski definition) is 1. The van der Waals surface area contributed by atoms with Gasteiger partial charge in [-0.05, 0) is 65.1 Å². The number of methoxy groups -OCH3 is 2. The van der Waals surface area contributed by atoms with Crippen LogP contribution in [0.1, 0.15) is 16.7 Å². The summed E-state index contributed by atoms with van der Waals surface area (Å²) >= 11 is 0. The zero-order valence-corrected chi connectivity index (χ0v) is 17.0. The number of ether oxygens (including phenoxy) is 3. The van der Waals surface area contributed by atoms with Gasteiger partial charge in [0.25, 0.3) is 0 Å². The summed E-state index contributed by atoms with van der Waals surface area (Å²) in [4.78, 5) is 11.3. The van der Waals surface area contributed by atoms with Crippen LogP contribution in [-0.2, 0) is 17.8 Å². The molecule has 0 amide bonds. The van der Waals surface area contributed by atoms with Crippen LogP contribution >= 0.6 is 0 Å². The molecule has 3 aromatic rings. The third-order valence-electron chi connectivity index (χ3n) is 4.64. The third-order valence-corrected chi connectivity index (χ3v) is 4.64. The van der Waals surface area contributed by atoms with E-state index in [4.69, 9.17) is 14.2 Å². The van der Waals surface area contributed by atoms with Crippen molar-refractivity contribution in [2.24, 2.45) is 0 Å². The second-order valence-corrected chi connectivity index (χ2v) is 6.69. The zero-order valence-electron chi connectivity index (χ0n) is 17.0. The number of allylic oxidation sites excluding steroid dienone is 1. The van der Waals surface area contributed by atoms with E-state index < -0.39 is 5.97 Å². The largest absolute Gasteiger partial charge is 0.497 e. The molecule has 1 N–H and O–H groups in total. The molecule has 0 fully saturated rings. The van der Waals surface area contributed by atoms with Gasteiger partial charge in [-0.1, -0.05) is 36.4 Å². The smallest absolute Gasteiger partial charge is 0.328 e. The van der Waals surface area contributed by atoms with Gasteiger partial charge in [-0.15, -0.1) is 0 Å². The van der Waals surface area contributed by atoms with Gasteiger partial charge in [-0.2, -0.15) is 0 Å². The van der Waals surface area contributed by atoms with Gasteiger partial charge in [0.15, 0.2) is 0 Å². The third kappa shape index (κ3) is 5.88. The first-order valence-corrected chi connectivity index (χ1v) is 9.50. The SMILES string of the molecule is COc1ccc(COc2ccc(/C(=C\C(=O)O)Cc3ccc(OC)cc3)cc2)cc1. The van der Waals surface area contributed by atoms with E-state index >= 15 is 0 Å². The summed E-state index contributed by atoms with van der Waals surface area (Å²) in [6.45, 7) is 0.438. The molecule has 0 saturated heterocycles. The molecule has 0 heterocycles. The Labute approximate surface area is 176 Å². The average molecular weight is 404 g/mol. The summed E-state index contributed by atoms with van der Waals surface area (Å²) in [5.74, 6) is 1.31. The highest BCUT2D eigenvalue weighted by Gasteiger charge is 2.07. The monoisotopic (exact) mass is 404 g/mol. The van der Waals surface area contributed by atoms with Crippen molar-refractivity contribution in [1.29, 1.82) is 0 Å². The highest BCUT2D eigenvalue weighted by Crippen LogP contribution is 2.24. The van der Waals surface area contributed by atoms with E-state index in [1.807, 2.05) is 72.8 Å². The Bertz CT molecular complexity index is 987. The lowest BCUT2D eigenvalue weighted by Gasteiger charge is -2.11. The average Bonchev–Trinajstić information content (AvgIpc) is 2.78. The van der Waals surface area contributed by atoms with Crippen LogP contribution in [0.2, 0.25) is 0 Å². The van der Waals surface area contributed by atoms with E-state index in [9.17, 15) is 9.90 Å². The molecule has 0 aliphatic heterocycles. The van der Waals surface area contributed by atoms with Crippen LogP contribution in [0.15, 0.2) is 78.9 Å². The summed E-state index contributed by atoms with van der Waals surface area (Å²) in [5.41, 5.74) is 3.59. The number of hydrogen-bond acceptors (Lipinski definition) is 4. The van der Waals surface area contributed by atoms with Gasteiger partial charge in [0.2, 0.25) is 0 Å². The van der Waals surface area contributed by atoms with Crippen LogP contribution in [0.5, 0.6) is 17.2 Å². The van der Waals surface area contributed by atoms with Gasteiger partial charge in [0.05, 0.1) is 14.2 Å². The Morgan fingerprint density at radius 2 is 1.27 bits per heavy atom. The second kappa shape index (κ2) is 10.2. The van der Waals surface area contributed by atoms with Crippen molar-refractivity contribution in [2.75, 3.05) is 14.2 Å². The Kier molecular flexibility index (Phi) is 7.11. The van der Waals surface area contributed by atoms with E-state index in [0.717, 1.165) is 33.8 Å². The molecule has 0 unspecified atom stereocenters. The normalized spacial score (nSPS) is 11.1. The molecule has 0 radical (unpaired) electrons. The molecule has 0 aliphatic rings. The van der Waals surface area contributed by atoms with E-state index in [1.54, 1.807) is 14.2 Å². The van der Waals surface area contributed by atoms with Crippen LogP contribution in [0.3, 0.4) is 0 Å². The van der Waals surface area contributed by atoms with Gasteiger partial charge in [0.1, 0.15) is 23.9 Å². The predicted molar refractivity (Wildman–Crippen MR) is 116 cm³/mol.